The van der Waals surface area contributed by atoms with Crippen molar-refractivity contribution in [3.8, 4) is 0 Å². The lowest BCUT2D eigenvalue weighted by Crippen LogP contribution is -2.42. The number of guanidine groups is 1. The summed E-state index contributed by atoms with van der Waals surface area (Å²) < 4.78 is 0. The van der Waals surface area contributed by atoms with Crippen molar-refractivity contribution in [1.29, 1.82) is 0 Å². The van der Waals surface area contributed by atoms with Gasteiger partial charge in [-0.2, -0.15) is 0 Å². The summed E-state index contributed by atoms with van der Waals surface area (Å²) in [5.74, 6) is 0.905. The van der Waals surface area contributed by atoms with E-state index in [-0.39, 0.29) is 0 Å². The van der Waals surface area contributed by atoms with E-state index in [1.54, 1.807) is 0 Å². The second-order valence-electron chi connectivity index (χ2n) is 4.32. The Labute approximate surface area is 107 Å². The fourth-order valence-electron chi connectivity index (χ4n) is 1.83. The van der Waals surface area contributed by atoms with Gasteiger partial charge in [0.25, 0.3) is 0 Å². The van der Waals surface area contributed by atoms with Crippen molar-refractivity contribution in [3.05, 3.63) is 0 Å². The minimum absolute atomic E-state index is 0.475. The zero-order valence-corrected chi connectivity index (χ0v) is 12.2. The lowest BCUT2D eigenvalue weighted by atomic mass is 10.2. The third-order valence-electron chi connectivity index (χ3n) is 2.96. The average Bonchev–Trinajstić information content (AvgIpc) is 2.34. The first-order valence-electron chi connectivity index (χ1n) is 6.87. The van der Waals surface area contributed by atoms with Crippen molar-refractivity contribution in [2.24, 2.45) is 4.99 Å². The van der Waals surface area contributed by atoms with Crippen LogP contribution in [0.1, 0.15) is 40.5 Å². The Morgan fingerprint density at radius 2 is 1.88 bits per heavy atom. The maximum Gasteiger partial charge on any atom is 0.191 e. The number of hydrogen-bond donors (Lipinski definition) is 2. The van der Waals surface area contributed by atoms with E-state index in [0.29, 0.717) is 6.04 Å². The highest BCUT2D eigenvalue weighted by molar-refractivity contribution is 5.79. The Bertz CT molecular complexity index is 200. The Balaban J connectivity index is 3.75. The maximum atomic E-state index is 4.18. The number of aliphatic imine (C=N–C) groups is 1. The van der Waals surface area contributed by atoms with E-state index in [9.17, 15) is 0 Å². The summed E-state index contributed by atoms with van der Waals surface area (Å²) in [5, 5.41) is 6.61. The monoisotopic (exact) mass is 242 g/mol. The average molecular weight is 242 g/mol. The Hall–Kier alpha value is -0.770. The van der Waals surface area contributed by atoms with Crippen molar-refractivity contribution in [2.75, 3.05) is 33.2 Å². The minimum atomic E-state index is 0.475. The number of nitrogens with one attached hydrogen (secondary N) is 2. The van der Waals surface area contributed by atoms with Crippen LogP contribution < -0.4 is 10.6 Å². The van der Waals surface area contributed by atoms with Crippen molar-refractivity contribution in [3.63, 3.8) is 0 Å². The van der Waals surface area contributed by atoms with Crippen molar-refractivity contribution < 1.29 is 0 Å². The summed E-state index contributed by atoms with van der Waals surface area (Å²) in [4.78, 5) is 6.64. The molecule has 0 aromatic carbocycles. The maximum absolute atomic E-state index is 4.18. The van der Waals surface area contributed by atoms with Gasteiger partial charge >= 0.3 is 0 Å². The Morgan fingerprint density at radius 3 is 2.35 bits per heavy atom. The molecule has 0 saturated heterocycles. The van der Waals surface area contributed by atoms with E-state index >= 15 is 0 Å². The van der Waals surface area contributed by atoms with Crippen LogP contribution in [-0.2, 0) is 0 Å². The molecule has 0 aromatic heterocycles. The fraction of sp³-hybridized carbons (Fsp3) is 0.923. The van der Waals surface area contributed by atoms with E-state index in [1.807, 2.05) is 7.05 Å². The second kappa shape index (κ2) is 10.4. The molecule has 0 spiro atoms. The molecule has 2 N–H and O–H groups in total. The summed E-state index contributed by atoms with van der Waals surface area (Å²) in [6, 6.07) is 0.475. The number of hydrogen-bond acceptors (Lipinski definition) is 2. The highest BCUT2D eigenvalue weighted by atomic mass is 15.2. The van der Waals surface area contributed by atoms with E-state index in [2.05, 4.69) is 48.2 Å². The summed E-state index contributed by atoms with van der Waals surface area (Å²) in [5.41, 5.74) is 0. The van der Waals surface area contributed by atoms with Crippen LogP contribution in [0.4, 0.5) is 0 Å². The SMILES string of the molecule is CCNC(=NC)NC(C)CCCN(CC)CC. The first kappa shape index (κ1) is 16.2. The van der Waals surface area contributed by atoms with Crippen LogP contribution in [0.25, 0.3) is 0 Å². The van der Waals surface area contributed by atoms with Crippen LogP contribution in [0.3, 0.4) is 0 Å². The quantitative estimate of drug-likeness (QED) is 0.502. The summed E-state index contributed by atoms with van der Waals surface area (Å²) in [7, 11) is 1.81. The van der Waals surface area contributed by atoms with E-state index < -0.39 is 0 Å². The predicted octanol–water partition coefficient (Wildman–Crippen LogP) is 1.68. The molecule has 0 fully saturated rings. The standard InChI is InChI=1S/C13H30N4/c1-6-15-13(14-5)16-12(4)10-9-11-17(7-2)8-3/h12H,6-11H2,1-5H3,(H2,14,15,16). The fourth-order valence-corrected chi connectivity index (χ4v) is 1.83. The molecule has 0 radical (unpaired) electrons. The molecule has 102 valence electrons. The molecule has 0 saturated carbocycles. The highest BCUT2D eigenvalue weighted by Crippen LogP contribution is 1.99. The van der Waals surface area contributed by atoms with Crippen molar-refractivity contribution in [2.45, 2.75) is 46.6 Å². The van der Waals surface area contributed by atoms with Gasteiger partial charge in [-0.3, -0.25) is 4.99 Å². The Morgan fingerprint density at radius 1 is 1.24 bits per heavy atom. The summed E-state index contributed by atoms with van der Waals surface area (Å²) in [6.07, 6.45) is 2.42. The number of rotatable bonds is 8. The van der Waals surface area contributed by atoms with Gasteiger partial charge in [-0.15, -0.1) is 0 Å². The lowest BCUT2D eigenvalue weighted by molar-refractivity contribution is 0.292. The molecule has 0 rings (SSSR count). The Kier molecular flexibility index (Phi) is 9.92. The van der Waals surface area contributed by atoms with Crippen LogP contribution in [-0.4, -0.2) is 50.1 Å². The normalized spacial score (nSPS) is 13.9. The molecule has 1 unspecified atom stereocenters. The number of nitrogens with zero attached hydrogens (tertiary/aromatic N) is 2. The van der Waals surface area contributed by atoms with Gasteiger partial charge in [-0.25, -0.2) is 0 Å². The second-order valence-corrected chi connectivity index (χ2v) is 4.32. The zero-order chi connectivity index (χ0) is 13.1. The molecule has 0 aliphatic carbocycles. The molecular weight excluding hydrogens is 212 g/mol. The highest BCUT2D eigenvalue weighted by Gasteiger charge is 2.05. The zero-order valence-electron chi connectivity index (χ0n) is 12.2. The summed E-state index contributed by atoms with van der Waals surface area (Å²) >= 11 is 0. The van der Waals surface area contributed by atoms with E-state index in [1.165, 1.54) is 19.4 Å². The van der Waals surface area contributed by atoms with Gasteiger partial charge in [0.1, 0.15) is 0 Å². The van der Waals surface area contributed by atoms with Crippen molar-refractivity contribution in [1.82, 2.24) is 15.5 Å². The first-order valence-corrected chi connectivity index (χ1v) is 6.87. The van der Waals surface area contributed by atoms with Crippen LogP contribution in [0.15, 0.2) is 4.99 Å². The van der Waals surface area contributed by atoms with Crippen molar-refractivity contribution >= 4 is 5.96 Å². The van der Waals surface area contributed by atoms with Gasteiger partial charge in [0, 0.05) is 19.6 Å². The molecule has 0 heterocycles. The van der Waals surface area contributed by atoms with Gasteiger partial charge in [-0.1, -0.05) is 13.8 Å². The minimum Gasteiger partial charge on any atom is -0.357 e. The predicted molar refractivity (Wildman–Crippen MR) is 76.7 cm³/mol. The van der Waals surface area contributed by atoms with E-state index in [4.69, 9.17) is 0 Å². The molecule has 0 bridgehead atoms. The molecule has 17 heavy (non-hydrogen) atoms. The van der Waals surface area contributed by atoms with E-state index in [0.717, 1.165) is 25.6 Å². The van der Waals surface area contributed by atoms with Crippen LogP contribution >= 0.6 is 0 Å². The molecule has 4 heteroatoms. The smallest absolute Gasteiger partial charge is 0.191 e. The van der Waals surface area contributed by atoms with Gasteiger partial charge < -0.3 is 15.5 Å². The molecule has 0 aliphatic heterocycles. The summed E-state index contributed by atoms with van der Waals surface area (Å²) in [6.45, 7) is 13.1. The largest absolute Gasteiger partial charge is 0.357 e. The third-order valence-corrected chi connectivity index (χ3v) is 2.96. The topological polar surface area (TPSA) is 39.7 Å². The van der Waals surface area contributed by atoms with Crippen LogP contribution in [0.5, 0.6) is 0 Å². The van der Waals surface area contributed by atoms with Gasteiger partial charge in [0.2, 0.25) is 0 Å². The molecule has 0 amide bonds. The van der Waals surface area contributed by atoms with Crippen LogP contribution in [0.2, 0.25) is 0 Å². The lowest BCUT2D eigenvalue weighted by Gasteiger charge is -2.20. The third kappa shape index (κ3) is 8.02. The van der Waals surface area contributed by atoms with Gasteiger partial charge in [0.15, 0.2) is 5.96 Å². The molecule has 0 aliphatic rings. The molecular formula is C13H30N4. The van der Waals surface area contributed by atoms with Crippen LogP contribution in [0, 0.1) is 0 Å². The van der Waals surface area contributed by atoms with Gasteiger partial charge in [0.05, 0.1) is 0 Å². The molecule has 1 atom stereocenters. The van der Waals surface area contributed by atoms with Gasteiger partial charge in [-0.05, 0) is 46.3 Å². The molecule has 4 nitrogen and oxygen atoms in total. The first-order chi connectivity index (χ1) is 8.17. The molecule has 0 aromatic rings.